The smallest absolute Gasteiger partial charge is 0.0805 e. The Morgan fingerprint density at radius 1 is 1.29 bits per heavy atom. The molecule has 0 saturated carbocycles. The Labute approximate surface area is 91.3 Å². The van der Waals surface area contributed by atoms with Gasteiger partial charge in [-0.25, -0.2) is 0 Å². The lowest BCUT2D eigenvalue weighted by Crippen LogP contribution is -2.24. The summed E-state index contributed by atoms with van der Waals surface area (Å²) in [6, 6.07) is 8.29. The fraction of sp³-hybridized carbons (Fsp3) is 0.417. The van der Waals surface area contributed by atoms with E-state index in [1.807, 2.05) is 12.1 Å². The molecular formula is C12H17NS. The van der Waals surface area contributed by atoms with Gasteiger partial charge in [0.2, 0.25) is 0 Å². The third kappa shape index (κ3) is 2.32. The number of aryl methyl sites for hydroxylation is 1. The molecule has 0 aromatic heterocycles. The molecule has 0 radical (unpaired) electrons. The number of thiocarbonyl (C=S) groups is 1. The maximum Gasteiger partial charge on any atom is 0.0805 e. The highest BCUT2D eigenvalue weighted by Crippen LogP contribution is 2.27. The number of nitrogens with two attached hydrogens (primary N) is 1. The fourth-order valence-electron chi connectivity index (χ4n) is 1.78. The Balaban J connectivity index is 3.12. The maximum atomic E-state index is 5.77. The Kier molecular flexibility index (Phi) is 3.64. The molecule has 0 spiro atoms. The van der Waals surface area contributed by atoms with Gasteiger partial charge in [-0.15, -0.1) is 0 Å². The maximum absolute atomic E-state index is 5.77. The summed E-state index contributed by atoms with van der Waals surface area (Å²) >= 11 is 5.11. The van der Waals surface area contributed by atoms with Crippen LogP contribution in [0.1, 0.15) is 30.9 Å². The predicted octanol–water partition coefficient (Wildman–Crippen LogP) is 3.02. The zero-order valence-corrected chi connectivity index (χ0v) is 9.77. The van der Waals surface area contributed by atoms with Crippen LogP contribution in [0.25, 0.3) is 0 Å². The number of hydrogen-bond donors (Lipinski definition) is 1. The standard InChI is InChI=1S/C12H17NS/c1-8(2)11(12(13)14)10-7-5-4-6-9(10)3/h4-8,11H,1-3H3,(H2,13,14). The summed E-state index contributed by atoms with van der Waals surface area (Å²) in [4.78, 5) is 0.592. The Bertz CT molecular complexity index is 331. The van der Waals surface area contributed by atoms with Crippen molar-refractivity contribution < 1.29 is 0 Å². The molecule has 0 aliphatic rings. The van der Waals surface area contributed by atoms with Crippen molar-refractivity contribution in [2.24, 2.45) is 11.7 Å². The summed E-state index contributed by atoms with van der Waals surface area (Å²) < 4.78 is 0. The first-order valence-electron chi connectivity index (χ1n) is 4.89. The SMILES string of the molecule is Cc1ccccc1C(C(N)=S)C(C)C. The molecule has 0 aliphatic heterocycles. The Morgan fingerprint density at radius 3 is 2.29 bits per heavy atom. The van der Waals surface area contributed by atoms with Gasteiger partial charge in [-0.05, 0) is 24.0 Å². The normalized spacial score (nSPS) is 12.9. The minimum absolute atomic E-state index is 0.200. The second-order valence-corrected chi connectivity index (χ2v) is 4.45. The molecule has 1 unspecified atom stereocenters. The van der Waals surface area contributed by atoms with Gasteiger partial charge in [-0.2, -0.15) is 0 Å². The highest BCUT2D eigenvalue weighted by atomic mass is 32.1. The van der Waals surface area contributed by atoms with Gasteiger partial charge in [0.1, 0.15) is 0 Å². The number of benzene rings is 1. The third-order valence-electron chi connectivity index (χ3n) is 2.50. The van der Waals surface area contributed by atoms with E-state index in [2.05, 4.69) is 32.9 Å². The van der Waals surface area contributed by atoms with Crippen LogP contribution >= 0.6 is 12.2 Å². The molecule has 1 nitrogen and oxygen atoms in total. The molecule has 0 aliphatic carbocycles. The average Bonchev–Trinajstić information content (AvgIpc) is 2.07. The molecule has 2 heteroatoms. The van der Waals surface area contributed by atoms with Gasteiger partial charge in [0.05, 0.1) is 4.99 Å². The third-order valence-corrected chi connectivity index (χ3v) is 2.75. The van der Waals surface area contributed by atoms with Crippen molar-refractivity contribution in [2.75, 3.05) is 0 Å². The topological polar surface area (TPSA) is 26.0 Å². The zero-order valence-electron chi connectivity index (χ0n) is 8.95. The van der Waals surface area contributed by atoms with Gasteiger partial charge in [-0.1, -0.05) is 50.3 Å². The molecule has 14 heavy (non-hydrogen) atoms. The van der Waals surface area contributed by atoms with Crippen molar-refractivity contribution >= 4 is 17.2 Å². The molecular weight excluding hydrogens is 190 g/mol. The van der Waals surface area contributed by atoms with Gasteiger partial charge in [-0.3, -0.25) is 0 Å². The minimum atomic E-state index is 0.200. The van der Waals surface area contributed by atoms with Crippen molar-refractivity contribution in [1.82, 2.24) is 0 Å². The first-order chi connectivity index (χ1) is 6.54. The van der Waals surface area contributed by atoms with Crippen LogP contribution in [0.3, 0.4) is 0 Å². The van der Waals surface area contributed by atoms with E-state index in [4.69, 9.17) is 18.0 Å². The second kappa shape index (κ2) is 4.56. The first kappa shape index (κ1) is 11.2. The molecule has 0 amide bonds. The van der Waals surface area contributed by atoms with E-state index < -0.39 is 0 Å². The van der Waals surface area contributed by atoms with E-state index in [9.17, 15) is 0 Å². The van der Waals surface area contributed by atoms with Gasteiger partial charge in [0, 0.05) is 5.92 Å². The van der Waals surface area contributed by atoms with Crippen LogP contribution < -0.4 is 5.73 Å². The van der Waals surface area contributed by atoms with Crippen molar-refractivity contribution in [3.63, 3.8) is 0 Å². The summed E-state index contributed by atoms with van der Waals surface area (Å²) in [5, 5.41) is 0. The van der Waals surface area contributed by atoms with Crippen LogP contribution in [0, 0.1) is 12.8 Å². The monoisotopic (exact) mass is 207 g/mol. The van der Waals surface area contributed by atoms with Crippen molar-refractivity contribution in [3.8, 4) is 0 Å². The van der Waals surface area contributed by atoms with E-state index in [0.29, 0.717) is 10.9 Å². The molecule has 1 atom stereocenters. The Hall–Kier alpha value is -0.890. The van der Waals surface area contributed by atoms with Crippen LogP contribution in [0.15, 0.2) is 24.3 Å². The summed E-state index contributed by atoms with van der Waals surface area (Å²) in [6.07, 6.45) is 0. The molecule has 76 valence electrons. The quantitative estimate of drug-likeness (QED) is 0.771. The van der Waals surface area contributed by atoms with Gasteiger partial charge in [0.25, 0.3) is 0 Å². The van der Waals surface area contributed by atoms with Crippen LogP contribution in [0.4, 0.5) is 0 Å². The molecule has 1 rings (SSSR count). The molecule has 1 aromatic rings. The average molecular weight is 207 g/mol. The molecule has 1 aromatic carbocycles. The summed E-state index contributed by atoms with van der Waals surface area (Å²) in [5.74, 6) is 0.653. The van der Waals surface area contributed by atoms with Crippen LogP contribution in [-0.4, -0.2) is 4.99 Å². The van der Waals surface area contributed by atoms with Crippen molar-refractivity contribution in [3.05, 3.63) is 35.4 Å². The first-order valence-corrected chi connectivity index (χ1v) is 5.29. The molecule has 0 bridgehead atoms. The van der Waals surface area contributed by atoms with E-state index in [-0.39, 0.29) is 5.92 Å². The van der Waals surface area contributed by atoms with Crippen LogP contribution in [-0.2, 0) is 0 Å². The van der Waals surface area contributed by atoms with E-state index >= 15 is 0 Å². The lowest BCUT2D eigenvalue weighted by atomic mass is 9.86. The minimum Gasteiger partial charge on any atom is -0.393 e. The highest BCUT2D eigenvalue weighted by Gasteiger charge is 2.19. The van der Waals surface area contributed by atoms with Gasteiger partial charge >= 0.3 is 0 Å². The molecule has 2 N–H and O–H groups in total. The molecule has 0 saturated heterocycles. The highest BCUT2D eigenvalue weighted by molar-refractivity contribution is 7.80. The summed E-state index contributed by atoms with van der Waals surface area (Å²) in [5.41, 5.74) is 8.29. The number of rotatable bonds is 3. The fourth-order valence-corrected chi connectivity index (χ4v) is 2.18. The second-order valence-electron chi connectivity index (χ2n) is 3.98. The van der Waals surface area contributed by atoms with Crippen molar-refractivity contribution in [2.45, 2.75) is 26.7 Å². The van der Waals surface area contributed by atoms with Crippen LogP contribution in [0.2, 0.25) is 0 Å². The Morgan fingerprint density at radius 2 is 1.86 bits per heavy atom. The lowest BCUT2D eigenvalue weighted by molar-refractivity contribution is 0.602. The van der Waals surface area contributed by atoms with E-state index in [0.717, 1.165) is 0 Å². The largest absolute Gasteiger partial charge is 0.393 e. The summed E-state index contributed by atoms with van der Waals surface area (Å²) in [6.45, 7) is 6.40. The lowest BCUT2D eigenvalue weighted by Gasteiger charge is -2.21. The molecule has 0 heterocycles. The zero-order chi connectivity index (χ0) is 10.7. The predicted molar refractivity (Wildman–Crippen MR) is 65.5 cm³/mol. The van der Waals surface area contributed by atoms with Gasteiger partial charge in [0.15, 0.2) is 0 Å². The summed E-state index contributed by atoms with van der Waals surface area (Å²) in [7, 11) is 0. The van der Waals surface area contributed by atoms with Gasteiger partial charge < -0.3 is 5.73 Å². The molecule has 0 fully saturated rings. The van der Waals surface area contributed by atoms with Crippen molar-refractivity contribution in [1.29, 1.82) is 0 Å². The number of hydrogen-bond acceptors (Lipinski definition) is 1. The van der Waals surface area contributed by atoms with Crippen LogP contribution in [0.5, 0.6) is 0 Å². The van der Waals surface area contributed by atoms with E-state index in [1.165, 1.54) is 11.1 Å². The van der Waals surface area contributed by atoms with E-state index in [1.54, 1.807) is 0 Å².